The fourth-order valence-corrected chi connectivity index (χ4v) is 2.20. The van der Waals surface area contributed by atoms with Crippen molar-refractivity contribution in [1.29, 1.82) is 0 Å². The molecule has 1 saturated heterocycles. The maximum Gasteiger partial charge on any atom is 0.340 e. The Labute approximate surface area is 117 Å². The van der Waals surface area contributed by atoms with E-state index in [0.717, 1.165) is 25.9 Å². The van der Waals surface area contributed by atoms with Gasteiger partial charge in [-0.05, 0) is 31.4 Å². The first-order valence-corrected chi connectivity index (χ1v) is 6.83. The molecular formula is C15H19FO4. The number of esters is 1. The molecule has 0 bridgehead atoms. The molecule has 0 saturated carbocycles. The van der Waals surface area contributed by atoms with Gasteiger partial charge in [-0.3, -0.25) is 0 Å². The molecule has 1 fully saturated rings. The van der Waals surface area contributed by atoms with Gasteiger partial charge < -0.3 is 14.2 Å². The van der Waals surface area contributed by atoms with Gasteiger partial charge in [-0.15, -0.1) is 0 Å². The zero-order chi connectivity index (χ0) is 14.4. The molecule has 4 nitrogen and oxygen atoms in total. The van der Waals surface area contributed by atoms with Crippen LogP contribution in [0.25, 0.3) is 0 Å². The van der Waals surface area contributed by atoms with Crippen molar-refractivity contribution in [3.8, 4) is 5.75 Å². The number of rotatable bonds is 5. The SMILES string of the molecule is COC(=O)c1ccc(OCCC2CCCCO2)cc1F. The van der Waals surface area contributed by atoms with Gasteiger partial charge in [-0.1, -0.05) is 0 Å². The highest BCUT2D eigenvalue weighted by atomic mass is 19.1. The number of hydrogen-bond donors (Lipinski definition) is 0. The summed E-state index contributed by atoms with van der Waals surface area (Å²) in [5.74, 6) is -0.918. The third kappa shape index (κ3) is 3.93. The van der Waals surface area contributed by atoms with Crippen molar-refractivity contribution in [3.05, 3.63) is 29.6 Å². The molecule has 1 aliphatic rings. The number of halogens is 1. The smallest absolute Gasteiger partial charge is 0.340 e. The maximum atomic E-state index is 13.7. The fourth-order valence-electron chi connectivity index (χ4n) is 2.20. The summed E-state index contributed by atoms with van der Waals surface area (Å²) < 4.78 is 29.2. The molecule has 0 spiro atoms. The number of carbonyl (C=O) groups excluding carboxylic acids is 1. The first-order valence-electron chi connectivity index (χ1n) is 6.83. The fraction of sp³-hybridized carbons (Fsp3) is 0.533. The van der Waals surface area contributed by atoms with Crippen LogP contribution in [-0.2, 0) is 9.47 Å². The zero-order valence-corrected chi connectivity index (χ0v) is 11.6. The highest BCUT2D eigenvalue weighted by molar-refractivity contribution is 5.89. The van der Waals surface area contributed by atoms with E-state index in [2.05, 4.69) is 4.74 Å². The summed E-state index contributed by atoms with van der Waals surface area (Å²) >= 11 is 0. The van der Waals surface area contributed by atoms with Crippen molar-refractivity contribution in [2.24, 2.45) is 0 Å². The molecule has 5 heteroatoms. The Kier molecular flexibility index (Phi) is 5.35. The predicted octanol–water partition coefficient (Wildman–Crippen LogP) is 2.95. The lowest BCUT2D eigenvalue weighted by atomic mass is 10.1. The molecule has 20 heavy (non-hydrogen) atoms. The lowest BCUT2D eigenvalue weighted by Gasteiger charge is -2.22. The van der Waals surface area contributed by atoms with Crippen LogP contribution in [-0.4, -0.2) is 32.4 Å². The van der Waals surface area contributed by atoms with Gasteiger partial charge in [0.1, 0.15) is 11.6 Å². The predicted molar refractivity (Wildman–Crippen MR) is 71.4 cm³/mol. The van der Waals surface area contributed by atoms with E-state index in [-0.39, 0.29) is 11.7 Å². The molecule has 1 aliphatic heterocycles. The lowest BCUT2D eigenvalue weighted by Crippen LogP contribution is -2.21. The van der Waals surface area contributed by atoms with Gasteiger partial charge in [-0.2, -0.15) is 0 Å². The Hall–Kier alpha value is -1.62. The minimum Gasteiger partial charge on any atom is -0.493 e. The van der Waals surface area contributed by atoms with Gasteiger partial charge in [-0.25, -0.2) is 9.18 Å². The van der Waals surface area contributed by atoms with Crippen molar-refractivity contribution in [2.45, 2.75) is 31.8 Å². The van der Waals surface area contributed by atoms with Crippen LogP contribution in [0.4, 0.5) is 4.39 Å². The van der Waals surface area contributed by atoms with Crippen molar-refractivity contribution >= 4 is 5.97 Å². The van der Waals surface area contributed by atoms with Crippen molar-refractivity contribution in [1.82, 2.24) is 0 Å². The third-order valence-electron chi connectivity index (χ3n) is 3.33. The van der Waals surface area contributed by atoms with E-state index in [1.54, 1.807) is 6.07 Å². The highest BCUT2D eigenvalue weighted by Gasteiger charge is 2.15. The first kappa shape index (κ1) is 14.8. The van der Waals surface area contributed by atoms with Crippen LogP contribution in [0.5, 0.6) is 5.75 Å². The Morgan fingerprint density at radius 2 is 2.30 bits per heavy atom. The molecule has 1 unspecified atom stereocenters. The number of hydrogen-bond acceptors (Lipinski definition) is 4. The van der Waals surface area contributed by atoms with E-state index >= 15 is 0 Å². The van der Waals surface area contributed by atoms with Crippen LogP contribution in [0.15, 0.2) is 18.2 Å². The quantitative estimate of drug-likeness (QED) is 0.779. The van der Waals surface area contributed by atoms with E-state index < -0.39 is 11.8 Å². The molecule has 1 atom stereocenters. The van der Waals surface area contributed by atoms with Gasteiger partial charge >= 0.3 is 5.97 Å². The van der Waals surface area contributed by atoms with Gasteiger partial charge in [0.05, 0.1) is 25.4 Å². The number of benzene rings is 1. The highest BCUT2D eigenvalue weighted by Crippen LogP contribution is 2.19. The van der Waals surface area contributed by atoms with Crippen LogP contribution < -0.4 is 4.74 Å². The summed E-state index contributed by atoms with van der Waals surface area (Å²) in [7, 11) is 1.22. The van der Waals surface area contributed by atoms with Gasteiger partial charge in [0.15, 0.2) is 0 Å². The Morgan fingerprint density at radius 3 is 2.95 bits per heavy atom. The summed E-state index contributed by atoms with van der Waals surface area (Å²) in [4.78, 5) is 11.2. The molecule has 2 rings (SSSR count). The van der Waals surface area contributed by atoms with Crippen molar-refractivity contribution in [2.75, 3.05) is 20.3 Å². The van der Waals surface area contributed by atoms with E-state index in [4.69, 9.17) is 9.47 Å². The van der Waals surface area contributed by atoms with Crippen molar-refractivity contribution < 1.29 is 23.4 Å². The molecule has 0 aromatic heterocycles. The molecule has 110 valence electrons. The molecule has 0 radical (unpaired) electrons. The summed E-state index contributed by atoms with van der Waals surface area (Å²) in [5.41, 5.74) is -0.0875. The second kappa shape index (κ2) is 7.24. The van der Waals surface area contributed by atoms with E-state index in [1.165, 1.54) is 25.7 Å². The van der Waals surface area contributed by atoms with Crippen LogP contribution >= 0.6 is 0 Å². The van der Waals surface area contributed by atoms with Gasteiger partial charge in [0.25, 0.3) is 0 Å². The second-order valence-corrected chi connectivity index (χ2v) is 4.76. The Morgan fingerprint density at radius 1 is 1.45 bits per heavy atom. The normalized spacial score (nSPS) is 18.6. The summed E-state index contributed by atoms with van der Waals surface area (Å²) in [6.45, 7) is 1.29. The van der Waals surface area contributed by atoms with Crippen LogP contribution in [0.3, 0.4) is 0 Å². The largest absolute Gasteiger partial charge is 0.493 e. The Balaban J connectivity index is 1.84. The number of ether oxygens (including phenoxy) is 3. The molecule has 1 heterocycles. The van der Waals surface area contributed by atoms with E-state index in [1.807, 2.05) is 0 Å². The second-order valence-electron chi connectivity index (χ2n) is 4.76. The molecule has 1 aromatic rings. The van der Waals surface area contributed by atoms with Crippen LogP contribution in [0.2, 0.25) is 0 Å². The van der Waals surface area contributed by atoms with Gasteiger partial charge in [0.2, 0.25) is 0 Å². The molecule has 0 aliphatic carbocycles. The average Bonchev–Trinajstić information content (AvgIpc) is 2.48. The molecule has 0 N–H and O–H groups in total. The standard InChI is InChI=1S/C15H19FO4/c1-18-15(17)13-6-5-12(10-14(13)16)20-9-7-11-4-2-3-8-19-11/h5-6,10-11H,2-4,7-9H2,1H3. The average molecular weight is 282 g/mol. The molecular weight excluding hydrogens is 263 g/mol. The summed E-state index contributed by atoms with van der Waals surface area (Å²) in [6.07, 6.45) is 4.40. The van der Waals surface area contributed by atoms with Crippen LogP contribution in [0, 0.1) is 5.82 Å². The maximum absolute atomic E-state index is 13.7. The lowest BCUT2D eigenvalue weighted by molar-refractivity contribution is 0.00403. The van der Waals surface area contributed by atoms with E-state index in [9.17, 15) is 9.18 Å². The third-order valence-corrected chi connectivity index (χ3v) is 3.33. The first-order chi connectivity index (χ1) is 9.70. The van der Waals surface area contributed by atoms with Crippen molar-refractivity contribution in [3.63, 3.8) is 0 Å². The Bertz CT molecular complexity index is 455. The van der Waals surface area contributed by atoms with Crippen LogP contribution in [0.1, 0.15) is 36.0 Å². The van der Waals surface area contributed by atoms with Gasteiger partial charge in [0, 0.05) is 19.1 Å². The number of carbonyl (C=O) groups is 1. The topological polar surface area (TPSA) is 44.8 Å². The van der Waals surface area contributed by atoms with E-state index in [0.29, 0.717) is 12.4 Å². The summed E-state index contributed by atoms with van der Waals surface area (Å²) in [6, 6.07) is 4.14. The minimum absolute atomic E-state index is 0.0875. The monoisotopic (exact) mass is 282 g/mol. The molecule has 0 amide bonds. The minimum atomic E-state index is -0.690. The summed E-state index contributed by atoms with van der Waals surface area (Å²) in [5, 5.41) is 0. The molecule has 1 aromatic carbocycles. The zero-order valence-electron chi connectivity index (χ0n) is 11.6. The number of methoxy groups -OCH3 is 1.